The number of nitrogens with zero attached hydrogens (tertiary/aromatic N) is 2. The molecule has 3 aromatic carbocycles. The molecule has 0 radical (unpaired) electrons. The first-order valence-electron chi connectivity index (χ1n) is 12.4. The molecule has 0 N–H and O–H groups in total. The number of esters is 1. The zero-order chi connectivity index (χ0) is 27.9. The molecule has 0 atom stereocenters. The molecule has 0 aliphatic heterocycles. The number of nitro groups is 1. The number of hydrogen-bond donors (Lipinski definition) is 0. The van der Waals surface area contributed by atoms with E-state index in [2.05, 4.69) is 4.90 Å². The van der Waals surface area contributed by atoms with Crippen LogP contribution in [0, 0.1) is 10.1 Å². The first kappa shape index (κ1) is 27.1. The van der Waals surface area contributed by atoms with Crippen molar-refractivity contribution in [1.82, 2.24) is 0 Å². The van der Waals surface area contributed by atoms with Crippen LogP contribution in [0.2, 0.25) is 0 Å². The summed E-state index contributed by atoms with van der Waals surface area (Å²) in [5, 5.41) is 12.1. The second kappa shape index (κ2) is 12.1. The van der Waals surface area contributed by atoms with Crippen molar-refractivity contribution in [2.75, 3.05) is 25.1 Å². The zero-order valence-corrected chi connectivity index (χ0v) is 21.9. The van der Waals surface area contributed by atoms with Crippen LogP contribution in [-0.2, 0) is 11.3 Å². The Balaban J connectivity index is 1.54. The van der Waals surface area contributed by atoms with Gasteiger partial charge in [-0.3, -0.25) is 10.1 Å². The van der Waals surface area contributed by atoms with Crippen LogP contribution in [0.5, 0.6) is 5.75 Å². The maximum Gasteiger partial charge on any atom is 0.351 e. The minimum absolute atomic E-state index is 0.194. The number of nitro benzene ring substituents is 1. The van der Waals surface area contributed by atoms with E-state index in [1.165, 1.54) is 12.1 Å². The van der Waals surface area contributed by atoms with E-state index in [-0.39, 0.29) is 16.8 Å². The lowest BCUT2D eigenvalue weighted by Gasteiger charge is -2.20. The SMILES string of the molecule is CCN(CC)c1ccc2cc(C(=O)OCc3cc(/C=C/c4ccc(OC)cc4)ccc3[N+](=O)[O-])c(=O)oc2c1. The fourth-order valence-corrected chi connectivity index (χ4v) is 4.16. The Morgan fingerprint density at radius 3 is 2.33 bits per heavy atom. The third-order valence-electron chi connectivity index (χ3n) is 6.31. The topological polar surface area (TPSA) is 112 Å². The maximum absolute atomic E-state index is 12.8. The monoisotopic (exact) mass is 528 g/mol. The van der Waals surface area contributed by atoms with Gasteiger partial charge in [0.15, 0.2) is 0 Å². The number of carbonyl (C=O) groups is 1. The van der Waals surface area contributed by atoms with Gasteiger partial charge >= 0.3 is 11.6 Å². The highest BCUT2D eigenvalue weighted by atomic mass is 16.6. The van der Waals surface area contributed by atoms with E-state index in [9.17, 15) is 19.7 Å². The van der Waals surface area contributed by atoms with Gasteiger partial charge in [-0.25, -0.2) is 9.59 Å². The molecule has 0 unspecified atom stereocenters. The van der Waals surface area contributed by atoms with Crippen molar-refractivity contribution in [2.24, 2.45) is 0 Å². The van der Waals surface area contributed by atoms with Crippen LogP contribution >= 0.6 is 0 Å². The first-order chi connectivity index (χ1) is 18.8. The van der Waals surface area contributed by atoms with Gasteiger partial charge in [0, 0.05) is 36.3 Å². The molecule has 0 aliphatic carbocycles. The number of anilines is 1. The lowest BCUT2D eigenvalue weighted by molar-refractivity contribution is -0.385. The number of benzene rings is 3. The molecule has 0 spiro atoms. The van der Waals surface area contributed by atoms with Crippen LogP contribution in [-0.4, -0.2) is 31.1 Å². The molecule has 0 saturated heterocycles. The summed E-state index contributed by atoms with van der Waals surface area (Å²) in [7, 11) is 1.59. The molecule has 0 amide bonds. The zero-order valence-electron chi connectivity index (χ0n) is 21.9. The van der Waals surface area contributed by atoms with Crippen molar-refractivity contribution in [3.8, 4) is 5.75 Å². The van der Waals surface area contributed by atoms with Crippen molar-refractivity contribution in [2.45, 2.75) is 20.5 Å². The van der Waals surface area contributed by atoms with Crippen LogP contribution in [0.4, 0.5) is 11.4 Å². The molecule has 4 rings (SSSR count). The first-order valence-corrected chi connectivity index (χ1v) is 12.4. The predicted molar refractivity (Wildman–Crippen MR) is 150 cm³/mol. The number of rotatable bonds is 10. The highest BCUT2D eigenvalue weighted by Crippen LogP contribution is 2.25. The second-order valence-electron chi connectivity index (χ2n) is 8.67. The average molecular weight is 529 g/mol. The number of fused-ring (bicyclic) bond motifs is 1. The average Bonchev–Trinajstić information content (AvgIpc) is 2.95. The molecule has 200 valence electrons. The van der Waals surface area contributed by atoms with Crippen LogP contribution < -0.4 is 15.3 Å². The number of ether oxygens (including phenoxy) is 2. The Hall–Kier alpha value is -4.92. The quantitative estimate of drug-likeness (QED) is 0.0800. The molecule has 0 bridgehead atoms. The van der Waals surface area contributed by atoms with Crippen LogP contribution in [0.25, 0.3) is 23.1 Å². The lowest BCUT2D eigenvalue weighted by atomic mass is 10.1. The standard InChI is InChI=1S/C30H28N2O7/c1-4-31(5-2)24-12-11-22-17-26(30(34)39-28(22)18-24)29(33)38-19-23-16-21(10-15-27(23)32(35)36)7-6-20-8-13-25(37-3)14-9-20/h6-18H,4-5,19H2,1-3H3/b7-6+. The van der Waals surface area contributed by atoms with Gasteiger partial charge in [0.1, 0.15) is 23.5 Å². The maximum atomic E-state index is 12.8. The van der Waals surface area contributed by atoms with E-state index < -0.39 is 23.1 Å². The second-order valence-corrected chi connectivity index (χ2v) is 8.67. The minimum atomic E-state index is -0.924. The van der Waals surface area contributed by atoms with E-state index in [0.29, 0.717) is 16.5 Å². The van der Waals surface area contributed by atoms with E-state index in [0.717, 1.165) is 30.1 Å². The summed E-state index contributed by atoms with van der Waals surface area (Å²) in [5.41, 5.74) is 1.72. The Bertz CT molecular complexity index is 1590. The van der Waals surface area contributed by atoms with Gasteiger partial charge in [-0.05, 0) is 67.4 Å². The van der Waals surface area contributed by atoms with Crippen molar-refractivity contribution in [1.29, 1.82) is 0 Å². The van der Waals surface area contributed by atoms with Crippen LogP contribution in [0.15, 0.2) is 75.9 Å². The smallest absolute Gasteiger partial charge is 0.351 e. The predicted octanol–water partition coefficient (Wildman–Crippen LogP) is 6.08. The summed E-state index contributed by atoms with van der Waals surface area (Å²) in [6, 6.07) is 18.8. The number of carbonyl (C=O) groups excluding carboxylic acids is 1. The van der Waals surface area contributed by atoms with E-state index in [1.54, 1.807) is 37.5 Å². The van der Waals surface area contributed by atoms with Crippen molar-refractivity contribution in [3.05, 3.63) is 110 Å². The Morgan fingerprint density at radius 1 is 0.974 bits per heavy atom. The van der Waals surface area contributed by atoms with Gasteiger partial charge in [0.2, 0.25) is 0 Å². The summed E-state index contributed by atoms with van der Waals surface area (Å²) in [6.45, 7) is 5.25. The van der Waals surface area contributed by atoms with Gasteiger partial charge in [-0.15, -0.1) is 0 Å². The molecule has 9 heteroatoms. The summed E-state index contributed by atoms with van der Waals surface area (Å²) < 4.78 is 15.9. The van der Waals surface area contributed by atoms with E-state index in [1.807, 2.05) is 50.3 Å². The Labute approximate surface area is 225 Å². The van der Waals surface area contributed by atoms with Crippen LogP contribution in [0.1, 0.15) is 40.9 Å². The molecule has 0 saturated carbocycles. The van der Waals surface area contributed by atoms with Gasteiger partial charge < -0.3 is 18.8 Å². The fraction of sp³-hybridized carbons (Fsp3) is 0.200. The van der Waals surface area contributed by atoms with Crippen molar-refractivity contribution < 1.29 is 23.6 Å². The van der Waals surface area contributed by atoms with Crippen LogP contribution in [0.3, 0.4) is 0 Å². The van der Waals surface area contributed by atoms with Crippen molar-refractivity contribution >= 4 is 40.5 Å². The van der Waals surface area contributed by atoms with Gasteiger partial charge in [-0.2, -0.15) is 0 Å². The van der Waals surface area contributed by atoms with Gasteiger partial charge in [-0.1, -0.05) is 24.3 Å². The highest BCUT2D eigenvalue weighted by Gasteiger charge is 2.19. The van der Waals surface area contributed by atoms with Crippen molar-refractivity contribution in [3.63, 3.8) is 0 Å². The molecule has 9 nitrogen and oxygen atoms in total. The molecule has 4 aromatic rings. The molecule has 39 heavy (non-hydrogen) atoms. The summed E-state index contributed by atoms with van der Waals surface area (Å²) in [6.07, 6.45) is 3.64. The molecular formula is C30H28N2O7. The molecule has 0 aliphatic rings. The molecule has 1 heterocycles. The van der Waals surface area contributed by atoms with Gasteiger partial charge in [0.05, 0.1) is 17.6 Å². The fourth-order valence-electron chi connectivity index (χ4n) is 4.16. The molecule has 1 aromatic heterocycles. The number of hydrogen-bond acceptors (Lipinski definition) is 8. The van der Waals surface area contributed by atoms with E-state index >= 15 is 0 Å². The third-order valence-corrected chi connectivity index (χ3v) is 6.31. The minimum Gasteiger partial charge on any atom is -0.497 e. The Morgan fingerprint density at radius 2 is 1.67 bits per heavy atom. The Kier molecular flexibility index (Phi) is 8.40. The largest absolute Gasteiger partial charge is 0.497 e. The summed E-state index contributed by atoms with van der Waals surface area (Å²) in [4.78, 5) is 38.5. The highest BCUT2D eigenvalue weighted by molar-refractivity contribution is 5.93. The molecule has 0 fully saturated rings. The lowest BCUT2D eigenvalue weighted by Crippen LogP contribution is -2.21. The van der Waals surface area contributed by atoms with E-state index in [4.69, 9.17) is 13.9 Å². The van der Waals surface area contributed by atoms with Gasteiger partial charge in [0.25, 0.3) is 5.69 Å². The molecular weight excluding hydrogens is 500 g/mol. The normalized spacial score (nSPS) is 11.1. The summed E-state index contributed by atoms with van der Waals surface area (Å²) >= 11 is 0. The third kappa shape index (κ3) is 6.32. The number of methoxy groups -OCH3 is 1. The summed E-state index contributed by atoms with van der Waals surface area (Å²) in [5.74, 6) is -0.191.